The van der Waals surface area contributed by atoms with Crippen LogP contribution < -0.4 is 5.32 Å². The van der Waals surface area contributed by atoms with Gasteiger partial charge in [0.15, 0.2) is 0 Å². The number of nitro groups is 1. The van der Waals surface area contributed by atoms with E-state index in [0.717, 1.165) is 23.2 Å². The number of piperazine rings is 1. The molecule has 3 unspecified atom stereocenters. The third-order valence-electron chi connectivity index (χ3n) is 9.37. The molecule has 2 heterocycles. The van der Waals surface area contributed by atoms with Crippen LogP contribution in [0.5, 0.6) is 0 Å². The molecule has 2 aliphatic heterocycles. The van der Waals surface area contributed by atoms with Crippen LogP contribution in [0.4, 0.5) is 11.4 Å². The van der Waals surface area contributed by atoms with Gasteiger partial charge in [-0.3, -0.25) is 15.0 Å². The number of rotatable bonds is 7. The largest absolute Gasteiger partial charge is 0.378 e. The molecule has 45 heavy (non-hydrogen) atoms. The van der Waals surface area contributed by atoms with Crippen molar-refractivity contribution < 1.29 is 13.3 Å². The Labute approximate surface area is 268 Å². The fraction of sp³-hybridized carbons (Fsp3) is 0.257. The van der Waals surface area contributed by atoms with Gasteiger partial charge in [-0.2, -0.15) is 4.31 Å². The molecule has 10 heteroatoms. The first-order valence-corrected chi connectivity index (χ1v) is 17.0. The molecule has 0 amide bonds. The van der Waals surface area contributed by atoms with Crippen molar-refractivity contribution in [2.75, 3.05) is 31.5 Å². The Balaban J connectivity index is 1.12. The SMILES string of the molecule is O=[N+]([O-])c1cc(C2Nc3ccc(S(=O)(=O)N4CCN(C(c5ccccc5)c5ccccc5)CC4)cc3C3C=CCC32)ccc1Cl. The van der Waals surface area contributed by atoms with Crippen LogP contribution in [0.3, 0.4) is 0 Å². The maximum Gasteiger partial charge on any atom is 0.288 e. The van der Waals surface area contributed by atoms with Gasteiger partial charge in [0.2, 0.25) is 10.0 Å². The number of hydrogen-bond acceptors (Lipinski definition) is 6. The summed E-state index contributed by atoms with van der Waals surface area (Å²) < 4.78 is 29.6. The second kappa shape index (κ2) is 12.1. The number of anilines is 1. The minimum Gasteiger partial charge on any atom is -0.378 e. The zero-order chi connectivity index (χ0) is 31.1. The molecule has 1 fully saturated rings. The van der Waals surface area contributed by atoms with Crippen LogP contribution in [0.25, 0.3) is 0 Å². The standard InChI is InChI=1S/C35H33ClN4O4S/c36-31-16-14-26(22-33(31)40(41)42)34-29-13-7-12-28(29)30-23-27(15-17-32(30)37-34)45(43,44)39-20-18-38(19-21-39)35(24-8-3-1-4-9-24)25-10-5-2-6-11-25/h1-12,14-17,22-23,28-29,34-35,37H,13,18-21H2. The molecule has 0 bridgehead atoms. The normalized spacial score (nSPS) is 21.7. The average molecular weight is 641 g/mol. The van der Waals surface area contributed by atoms with Crippen molar-refractivity contribution in [3.05, 3.63) is 147 Å². The van der Waals surface area contributed by atoms with Crippen LogP contribution in [0.15, 0.2) is 114 Å². The molecule has 4 aromatic rings. The van der Waals surface area contributed by atoms with Crippen molar-refractivity contribution in [2.24, 2.45) is 5.92 Å². The van der Waals surface area contributed by atoms with Crippen LogP contribution >= 0.6 is 11.6 Å². The highest BCUT2D eigenvalue weighted by Crippen LogP contribution is 2.51. The minimum atomic E-state index is -3.72. The van der Waals surface area contributed by atoms with E-state index < -0.39 is 14.9 Å². The molecule has 4 aromatic carbocycles. The van der Waals surface area contributed by atoms with Crippen molar-refractivity contribution in [3.63, 3.8) is 0 Å². The highest BCUT2D eigenvalue weighted by Gasteiger charge is 2.40. The molecule has 0 aromatic heterocycles. The summed E-state index contributed by atoms with van der Waals surface area (Å²) in [5.74, 6) is 0.0816. The smallest absolute Gasteiger partial charge is 0.288 e. The van der Waals surface area contributed by atoms with Gasteiger partial charge in [0, 0.05) is 43.9 Å². The lowest BCUT2D eigenvalue weighted by Crippen LogP contribution is -2.49. The fourth-order valence-corrected chi connectivity index (χ4v) is 8.81. The summed E-state index contributed by atoms with van der Waals surface area (Å²) in [6, 6.07) is 30.8. The average Bonchev–Trinajstić information content (AvgIpc) is 3.56. The van der Waals surface area contributed by atoms with Crippen LogP contribution in [0, 0.1) is 16.0 Å². The fourth-order valence-electron chi connectivity index (χ4n) is 7.16. The van der Waals surface area contributed by atoms with E-state index in [9.17, 15) is 18.5 Å². The number of fused-ring (bicyclic) bond motifs is 3. The number of sulfonamides is 1. The van der Waals surface area contributed by atoms with Gasteiger partial charge >= 0.3 is 0 Å². The predicted octanol–water partition coefficient (Wildman–Crippen LogP) is 7.17. The monoisotopic (exact) mass is 640 g/mol. The molecule has 230 valence electrons. The van der Waals surface area contributed by atoms with E-state index in [1.54, 1.807) is 22.5 Å². The summed E-state index contributed by atoms with van der Waals surface area (Å²) >= 11 is 6.09. The van der Waals surface area contributed by atoms with Crippen LogP contribution in [-0.4, -0.2) is 48.7 Å². The van der Waals surface area contributed by atoms with Gasteiger partial charge in [-0.05, 0) is 58.9 Å². The second-order valence-corrected chi connectivity index (χ2v) is 14.2. The lowest BCUT2D eigenvalue weighted by molar-refractivity contribution is -0.384. The molecular weight excluding hydrogens is 608 g/mol. The number of nitro benzene ring substituents is 1. The molecule has 1 saturated heterocycles. The number of nitrogens with one attached hydrogen (secondary N) is 1. The molecule has 1 aliphatic carbocycles. The Morgan fingerprint density at radius 2 is 1.53 bits per heavy atom. The van der Waals surface area contributed by atoms with E-state index in [1.165, 1.54) is 11.1 Å². The predicted molar refractivity (Wildman–Crippen MR) is 176 cm³/mol. The van der Waals surface area contributed by atoms with E-state index in [4.69, 9.17) is 11.6 Å². The first kappa shape index (κ1) is 29.7. The van der Waals surface area contributed by atoms with Crippen molar-refractivity contribution in [1.82, 2.24) is 9.21 Å². The van der Waals surface area contributed by atoms with Gasteiger partial charge in [-0.15, -0.1) is 0 Å². The van der Waals surface area contributed by atoms with Crippen LogP contribution in [-0.2, 0) is 10.0 Å². The van der Waals surface area contributed by atoms with Crippen molar-refractivity contribution >= 4 is 33.0 Å². The Morgan fingerprint density at radius 3 is 2.18 bits per heavy atom. The lowest BCUT2D eigenvalue weighted by Gasteiger charge is -2.40. The second-order valence-electron chi connectivity index (χ2n) is 11.9. The molecule has 0 spiro atoms. The van der Waals surface area contributed by atoms with Gasteiger partial charge in [-0.25, -0.2) is 8.42 Å². The molecule has 8 nitrogen and oxygen atoms in total. The summed E-state index contributed by atoms with van der Waals surface area (Å²) in [6.07, 6.45) is 5.02. The Kier molecular flexibility index (Phi) is 7.95. The molecule has 1 N–H and O–H groups in total. The van der Waals surface area contributed by atoms with Gasteiger partial charge < -0.3 is 5.32 Å². The summed E-state index contributed by atoms with van der Waals surface area (Å²) in [5.41, 5.74) is 4.81. The number of benzene rings is 4. The van der Waals surface area contributed by atoms with Gasteiger partial charge in [0.1, 0.15) is 5.02 Å². The quantitative estimate of drug-likeness (QED) is 0.131. The summed E-state index contributed by atoms with van der Waals surface area (Å²) in [7, 11) is -3.72. The molecule has 0 saturated carbocycles. The third-order valence-corrected chi connectivity index (χ3v) is 11.6. The Morgan fingerprint density at radius 1 is 0.867 bits per heavy atom. The van der Waals surface area contributed by atoms with Crippen LogP contribution in [0.2, 0.25) is 5.02 Å². The van der Waals surface area contributed by atoms with Crippen molar-refractivity contribution in [2.45, 2.75) is 29.3 Å². The Bertz CT molecular complexity index is 1820. The molecule has 3 atom stereocenters. The number of nitrogens with zero attached hydrogens (tertiary/aromatic N) is 3. The van der Waals surface area contributed by atoms with E-state index >= 15 is 0 Å². The lowest BCUT2D eigenvalue weighted by atomic mass is 9.77. The summed E-state index contributed by atoms with van der Waals surface area (Å²) in [6.45, 7) is 2.03. The number of allylic oxidation sites excluding steroid dienone is 2. The zero-order valence-electron chi connectivity index (χ0n) is 24.5. The van der Waals surface area contributed by atoms with E-state index in [1.807, 2.05) is 54.6 Å². The number of halogens is 1. The van der Waals surface area contributed by atoms with E-state index in [2.05, 4.69) is 46.6 Å². The number of hydrogen-bond donors (Lipinski definition) is 1. The van der Waals surface area contributed by atoms with Gasteiger partial charge in [-0.1, -0.05) is 90.5 Å². The molecule has 7 rings (SSSR count). The zero-order valence-corrected chi connectivity index (χ0v) is 26.1. The van der Waals surface area contributed by atoms with Gasteiger partial charge in [0.25, 0.3) is 5.69 Å². The topological polar surface area (TPSA) is 95.8 Å². The maximum atomic E-state index is 14.0. The minimum absolute atomic E-state index is 0.00881. The summed E-state index contributed by atoms with van der Waals surface area (Å²) in [5, 5.41) is 15.2. The van der Waals surface area contributed by atoms with E-state index in [-0.39, 0.29) is 34.6 Å². The van der Waals surface area contributed by atoms with Gasteiger partial charge in [0.05, 0.1) is 21.9 Å². The Hall–Kier alpha value is -4.02. The maximum absolute atomic E-state index is 14.0. The summed E-state index contributed by atoms with van der Waals surface area (Å²) in [4.78, 5) is 13.7. The van der Waals surface area contributed by atoms with E-state index in [0.29, 0.717) is 31.1 Å². The first-order valence-electron chi connectivity index (χ1n) is 15.2. The molecule has 3 aliphatic rings. The third kappa shape index (κ3) is 5.55. The highest BCUT2D eigenvalue weighted by atomic mass is 35.5. The van der Waals surface area contributed by atoms with Crippen LogP contribution in [0.1, 0.15) is 46.7 Å². The highest BCUT2D eigenvalue weighted by molar-refractivity contribution is 7.89. The molecular formula is C35H33ClN4O4S. The molecule has 0 radical (unpaired) electrons. The van der Waals surface area contributed by atoms with Crippen molar-refractivity contribution in [1.29, 1.82) is 0 Å². The first-order chi connectivity index (χ1) is 21.8. The van der Waals surface area contributed by atoms with Crippen molar-refractivity contribution in [3.8, 4) is 0 Å².